The van der Waals surface area contributed by atoms with Crippen LogP contribution in [0.1, 0.15) is 24.9 Å². The Hall–Kier alpha value is -1.32. The maximum atomic E-state index is 9.39. The maximum absolute atomic E-state index is 9.39. The van der Waals surface area contributed by atoms with Gasteiger partial charge in [0.2, 0.25) is 0 Å². The van der Waals surface area contributed by atoms with E-state index in [1.807, 2.05) is 12.1 Å². The lowest BCUT2D eigenvalue weighted by molar-refractivity contribution is 0.172. The molecule has 1 atom stereocenters. The highest BCUT2D eigenvalue weighted by Crippen LogP contribution is 2.28. The fraction of sp³-hybridized carbons (Fsp3) is 0.467. The van der Waals surface area contributed by atoms with Crippen molar-refractivity contribution in [3.63, 3.8) is 0 Å². The van der Waals surface area contributed by atoms with Crippen molar-refractivity contribution in [3.05, 3.63) is 42.0 Å². The fourth-order valence-corrected chi connectivity index (χ4v) is 2.48. The molecule has 98 valence electrons. The highest BCUT2D eigenvalue weighted by Gasteiger charge is 2.21. The topological polar surface area (TPSA) is 35.5 Å². The number of piperazine rings is 1. The third-order valence-electron chi connectivity index (χ3n) is 3.41. The third kappa shape index (κ3) is 3.34. The summed E-state index contributed by atoms with van der Waals surface area (Å²) >= 11 is 0. The van der Waals surface area contributed by atoms with Crippen LogP contribution >= 0.6 is 0 Å². The second-order valence-electron chi connectivity index (χ2n) is 5.05. The van der Waals surface area contributed by atoms with E-state index in [-0.39, 0.29) is 0 Å². The molecule has 0 amide bonds. The van der Waals surface area contributed by atoms with Crippen molar-refractivity contribution in [2.75, 3.05) is 26.2 Å². The van der Waals surface area contributed by atoms with Crippen LogP contribution in [0.25, 0.3) is 0 Å². The van der Waals surface area contributed by atoms with Gasteiger partial charge in [-0.25, -0.2) is 0 Å². The molecule has 0 bridgehead atoms. The van der Waals surface area contributed by atoms with Crippen molar-refractivity contribution in [1.29, 1.82) is 0 Å². The molecule has 1 saturated heterocycles. The number of benzene rings is 1. The quantitative estimate of drug-likeness (QED) is 0.800. The first-order chi connectivity index (χ1) is 8.66. The van der Waals surface area contributed by atoms with Gasteiger partial charge in [0.15, 0.2) is 0 Å². The van der Waals surface area contributed by atoms with Gasteiger partial charge in [-0.3, -0.25) is 4.90 Å². The molecular weight excluding hydrogens is 224 g/mol. The summed E-state index contributed by atoms with van der Waals surface area (Å²) in [7, 11) is 0. The molecule has 3 nitrogen and oxygen atoms in total. The minimum absolute atomic E-state index is 0.327. The number of hydrogen-bond acceptors (Lipinski definition) is 3. The lowest BCUT2D eigenvalue weighted by Gasteiger charge is -2.35. The number of hydrogen-bond donors (Lipinski definition) is 2. The van der Waals surface area contributed by atoms with Crippen molar-refractivity contribution in [2.45, 2.75) is 19.4 Å². The van der Waals surface area contributed by atoms with E-state index in [0.29, 0.717) is 11.8 Å². The number of phenolic OH excluding ortho intramolecular Hbond substituents is 1. The highest BCUT2D eigenvalue weighted by atomic mass is 16.3. The third-order valence-corrected chi connectivity index (χ3v) is 3.41. The Morgan fingerprint density at radius 2 is 1.94 bits per heavy atom. The van der Waals surface area contributed by atoms with Gasteiger partial charge in [0.05, 0.1) is 0 Å². The minimum Gasteiger partial charge on any atom is -0.508 e. The largest absolute Gasteiger partial charge is 0.508 e. The molecule has 0 spiro atoms. The van der Waals surface area contributed by atoms with Crippen molar-refractivity contribution in [1.82, 2.24) is 10.2 Å². The molecule has 1 aliphatic heterocycles. The van der Waals surface area contributed by atoms with Crippen LogP contribution in [0.5, 0.6) is 5.75 Å². The van der Waals surface area contributed by atoms with Gasteiger partial charge in [0.1, 0.15) is 5.75 Å². The molecule has 0 aliphatic carbocycles. The second kappa shape index (κ2) is 6.03. The Balaban J connectivity index is 2.17. The Labute approximate surface area is 109 Å². The molecule has 1 heterocycles. The summed E-state index contributed by atoms with van der Waals surface area (Å²) in [5.41, 5.74) is 2.46. The van der Waals surface area contributed by atoms with Crippen LogP contribution in [0.4, 0.5) is 0 Å². The van der Waals surface area contributed by atoms with E-state index in [1.165, 1.54) is 11.1 Å². The molecule has 0 saturated carbocycles. The number of rotatable bonds is 4. The van der Waals surface area contributed by atoms with E-state index in [9.17, 15) is 5.11 Å². The van der Waals surface area contributed by atoms with E-state index in [1.54, 1.807) is 12.1 Å². The van der Waals surface area contributed by atoms with Gasteiger partial charge in [-0.05, 0) is 31.0 Å². The van der Waals surface area contributed by atoms with Crippen LogP contribution < -0.4 is 5.32 Å². The van der Waals surface area contributed by atoms with Crippen LogP contribution in [-0.2, 0) is 0 Å². The van der Waals surface area contributed by atoms with Crippen LogP contribution in [0.2, 0.25) is 0 Å². The van der Waals surface area contributed by atoms with Crippen molar-refractivity contribution in [2.24, 2.45) is 0 Å². The van der Waals surface area contributed by atoms with Crippen molar-refractivity contribution >= 4 is 0 Å². The number of nitrogens with one attached hydrogen (secondary N) is 1. The first kappa shape index (κ1) is 13.1. The normalized spacial score (nSPS) is 18.5. The van der Waals surface area contributed by atoms with Gasteiger partial charge in [0, 0.05) is 32.2 Å². The van der Waals surface area contributed by atoms with Crippen LogP contribution in [0.15, 0.2) is 36.4 Å². The molecule has 2 N–H and O–H groups in total. The van der Waals surface area contributed by atoms with Gasteiger partial charge in [-0.1, -0.05) is 17.7 Å². The smallest absolute Gasteiger partial charge is 0.115 e. The molecule has 1 fully saturated rings. The summed E-state index contributed by atoms with van der Waals surface area (Å²) in [5.74, 6) is 0.327. The zero-order chi connectivity index (χ0) is 13.0. The summed E-state index contributed by atoms with van der Waals surface area (Å²) in [6.45, 7) is 10.3. The summed E-state index contributed by atoms with van der Waals surface area (Å²) in [5, 5.41) is 12.8. The van der Waals surface area contributed by atoms with Crippen LogP contribution in [0.3, 0.4) is 0 Å². The minimum atomic E-state index is 0.327. The molecule has 1 aliphatic rings. The molecule has 0 unspecified atom stereocenters. The predicted molar refractivity (Wildman–Crippen MR) is 74.7 cm³/mol. The zero-order valence-corrected chi connectivity index (χ0v) is 11.0. The van der Waals surface area contributed by atoms with Gasteiger partial charge in [-0.2, -0.15) is 0 Å². The lowest BCUT2D eigenvalue weighted by atomic mass is 9.98. The Bertz CT molecular complexity index is 393. The molecule has 1 aromatic rings. The van der Waals surface area contributed by atoms with Crippen molar-refractivity contribution in [3.8, 4) is 5.75 Å². The number of nitrogens with zero attached hydrogens (tertiary/aromatic N) is 1. The van der Waals surface area contributed by atoms with Crippen molar-refractivity contribution < 1.29 is 5.11 Å². The second-order valence-corrected chi connectivity index (χ2v) is 5.05. The SMILES string of the molecule is C=C(C)C[C@@H](c1ccc(O)cc1)N1CCNCC1. The average molecular weight is 246 g/mol. The van der Waals surface area contributed by atoms with E-state index in [0.717, 1.165) is 32.6 Å². The number of phenols is 1. The van der Waals surface area contributed by atoms with Crippen LogP contribution in [-0.4, -0.2) is 36.2 Å². The molecule has 18 heavy (non-hydrogen) atoms. The Kier molecular flexibility index (Phi) is 4.39. The van der Waals surface area contributed by atoms with Gasteiger partial charge in [-0.15, -0.1) is 6.58 Å². The Morgan fingerprint density at radius 1 is 1.33 bits per heavy atom. The maximum Gasteiger partial charge on any atom is 0.115 e. The van der Waals surface area contributed by atoms with E-state index in [2.05, 4.69) is 23.7 Å². The Morgan fingerprint density at radius 3 is 2.50 bits per heavy atom. The van der Waals surface area contributed by atoms with Gasteiger partial charge in [0.25, 0.3) is 0 Å². The molecule has 3 heteroatoms. The van der Waals surface area contributed by atoms with Gasteiger partial charge < -0.3 is 10.4 Å². The zero-order valence-electron chi connectivity index (χ0n) is 11.0. The molecule has 0 radical (unpaired) electrons. The number of aromatic hydroxyl groups is 1. The average Bonchev–Trinajstić information content (AvgIpc) is 2.38. The summed E-state index contributed by atoms with van der Waals surface area (Å²) in [6, 6.07) is 7.95. The summed E-state index contributed by atoms with van der Waals surface area (Å²) in [4.78, 5) is 2.50. The summed E-state index contributed by atoms with van der Waals surface area (Å²) < 4.78 is 0. The van der Waals surface area contributed by atoms with E-state index < -0.39 is 0 Å². The molecule has 0 aromatic heterocycles. The molecule has 1 aromatic carbocycles. The standard InChI is InChI=1S/C15H22N2O/c1-12(2)11-15(17-9-7-16-8-10-17)13-3-5-14(18)6-4-13/h3-6,15-16,18H,1,7-11H2,2H3/t15-/m0/s1. The summed E-state index contributed by atoms with van der Waals surface area (Å²) in [6.07, 6.45) is 0.977. The first-order valence-corrected chi connectivity index (χ1v) is 6.55. The highest BCUT2D eigenvalue weighted by molar-refractivity contribution is 5.29. The molecular formula is C15H22N2O. The van der Waals surface area contributed by atoms with Gasteiger partial charge >= 0.3 is 0 Å². The van der Waals surface area contributed by atoms with E-state index >= 15 is 0 Å². The predicted octanol–water partition coefficient (Wildman–Crippen LogP) is 2.30. The fourth-order valence-electron chi connectivity index (χ4n) is 2.48. The molecule has 2 rings (SSSR count). The van der Waals surface area contributed by atoms with E-state index in [4.69, 9.17) is 0 Å². The monoisotopic (exact) mass is 246 g/mol. The first-order valence-electron chi connectivity index (χ1n) is 6.55. The van der Waals surface area contributed by atoms with Crippen LogP contribution in [0, 0.1) is 0 Å². The lowest BCUT2D eigenvalue weighted by Crippen LogP contribution is -2.45.